The van der Waals surface area contributed by atoms with E-state index in [1.807, 2.05) is 6.07 Å². The molecule has 82 valence electrons. The van der Waals surface area contributed by atoms with Gasteiger partial charge < -0.3 is 0 Å². The lowest BCUT2D eigenvalue weighted by Gasteiger charge is -2.31. The Morgan fingerprint density at radius 2 is 2.19 bits per heavy atom. The lowest BCUT2D eigenvalue weighted by Crippen LogP contribution is -2.37. The highest BCUT2D eigenvalue weighted by atomic mass is 16.2. The van der Waals surface area contributed by atoms with Crippen LogP contribution < -0.4 is 0 Å². The van der Waals surface area contributed by atoms with Crippen molar-refractivity contribution in [2.24, 2.45) is 11.0 Å². The molecule has 3 nitrogen and oxygen atoms in total. The number of carbonyl (C=O) groups is 1. The quantitative estimate of drug-likeness (QED) is 0.648. The zero-order valence-electron chi connectivity index (χ0n) is 9.31. The Hall–Kier alpha value is -1.64. The first-order chi connectivity index (χ1) is 7.75. The normalized spacial score (nSPS) is 23.6. The van der Waals surface area contributed by atoms with E-state index in [-0.39, 0.29) is 5.91 Å². The number of hydrogen-bond donors (Lipinski definition) is 0. The number of rotatable bonds is 0. The topological polar surface area (TPSA) is 32.7 Å². The molecule has 16 heavy (non-hydrogen) atoms. The molecule has 1 aliphatic carbocycles. The average Bonchev–Trinajstić information content (AvgIpc) is 2.31. The molecule has 0 fully saturated rings. The van der Waals surface area contributed by atoms with Crippen molar-refractivity contribution in [2.75, 3.05) is 7.05 Å². The predicted octanol–water partition coefficient (Wildman–Crippen LogP) is 1.82. The van der Waals surface area contributed by atoms with Crippen LogP contribution in [0.1, 0.15) is 24.0 Å². The first kappa shape index (κ1) is 9.58. The van der Waals surface area contributed by atoms with Gasteiger partial charge in [-0.2, -0.15) is 5.10 Å². The summed E-state index contributed by atoms with van der Waals surface area (Å²) < 4.78 is 0. The Bertz CT molecular complexity index is 479. The zero-order chi connectivity index (χ0) is 11.1. The van der Waals surface area contributed by atoms with Crippen molar-refractivity contribution in [3.63, 3.8) is 0 Å². The molecule has 0 unspecified atom stereocenters. The predicted molar refractivity (Wildman–Crippen MR) is 62.2 cm³/mol. The van der Waals surface area contributed by atoms with Gasteiger partial charge in [0.1, 0.15) is 0 Å². The number of amides is 1. The molecule has 3 heteroatoms. The smallest absolute Gasteiger partial charge is 0.243 e. The van der Waals surface area contributed by atoms with Gasteiger partial charge in [-0.05, 0) is 18.4 Å². The molecule has 0 bridgehead atoms. The van der Waals surface area contributed by atoms with Gasteiger partial charge in [0.15, 0.2) is 0 Å². The van der Waals surface area contributed by atoms with E-state index in [1.165, 1.54) is 16.1 Å². The minimum Gasteiger partial charge on any atom is -0.273 e. The fourth-order valence-electron chi connectivity index (χ4n) is 2.57. The van der Waals surface area contributed by atoms with E-state index >= 15 is 0 Å². The van der Waals surface area contributed by atoms with E-state index in [0.717, 1.165) is 18.6 Å². The molecule has 1 aromatic rings. The Balaban J connectivity index is 2.11. The van der Waals surface area contributed by atoms with E-state index in [4.69, 9.17) is 0 Å². The van der Waals surface area contributed by atoms with Crippen molar-refractivity contribution in [2.45, 2.75) is 19.3 Å². The van der Waals surface area contributed by atoms with Crippen LogP contribution in [0.15, 0.2) is 29.4 Å². The molecule has 1 aromatic carbocycles. The minimum atomic E-state index is 0.133. The van der Waals surface area contributed by atoms with Crippen LogP contribution in [0, 0.1) is 5.92 Å². The van der Waals surface area contributed by atoms with Gasteiger partial charge in [0.05, 0.1) is 5.71 Å². The van der Waals surface area contributed by atoms with Gasteiger partial charge in [0.2, 0.25) is 5.91 Å². The van der Waals surface area contributed by atoms with Crippen LogP contribution in [-0.4, -0.2) is 23.7 Å². The third-order valence-corrected chi connectivity index (χ3v) is 3.48. The van der Waals surface area contributed by atoms with Crippen LogP contribution in [0.5, 0.6) is 0 Å². The first-order valence-electron chi connectivity index (χ1n) is 5.69. The van der Waals surface area contributed by atoms with Gasteiger partial charge in [-0.1, -0.05) is 24.3 Å². The maximum atomic E-state index is 11.6. The minimum absolute atomic E-state index is 0.133. The van der Waals surface area contributed by atoms with Gasteiger partial charge in [-0.15, -0.1) is 0 Å². The van der Waals surface area contributed by atoms with E-state index in [1.54, 1.807) is 7.05 Å². The summed E-state index contributed by atoms with van der Waals surface area (Å²) in [5.41, 5.74) is 3.70. The summed E-state index contributed by atoms with van der Waals surface area (Å²) in [6, 6.07) is 8.38. The molecular formula is C13H14N2O. The lowest BCUT2D eigenvalue weighted by atomic mass is 9.80. The van der Waals surface area contributed by atoms with Crippen molar-refractivity contribution in [1.82, 2.24) is 5.01 Å². The zero-order valence-corrected chi connectivity index (χ0v) is 9.31. The number of carbonyl (C=O) groups excluding carboxylic acids is 1. The first-order valence-corrected chi connectivity index (χ1v) is 5.69. The van der Waals surface area contributed by atoms with E-state index in [9.17, 15) is 4.79 Å². The van der Waals surface area contributed by atoms with Gasteiger partial charge >= 0.3 is 0 Å². The standard InChI is InChI=1S/C13H14N2O/c1-15-12(16)8-10-7-6-9-4-2-3-5-11(9)13(10)14-15/h2-5,10H,6-8H2,1H3/t10-/m0/s1. The number of aryl methyl sites for hydroxylation is 1. The molecule has 0 radical (unpaired) electrons. The maximum absolute atomic E-state index is 11.6. The number of hydrazone groups is 1. The molecule has 0 spiro atoms. The Labute approximate surface area is 94.8 Å². The second kappa shape index (κ2) is 3.44. The summed E-state index contributed by atoms with van der Waals surface area (Å²) in [5.74, 6) is 0.465. The average molecular weight is 214 g/mol. The third-order valence-electron chi connectivity index (χ3n) is 3.48. The highest BCUT2D eigenvalue weighted by molar-refractivity contribution is 6.07. The van der Waals surface area contributed by atoms with Gasteiger partial charge in [0.25, 0.3) is 0 Å². The van der Waals surface area contributed by atoms with Gasteiger partial charge in [0, 0.05) is 24.9 Å². The van der Waals surface area contributed by atoms with Gasteiger partial charge in [-0.3, -0.25) is 4.79 Å². The van der Waals surface area contributed by atoms with Crippen LogP contribution in [0.25, 0.3) is 0 Å². The van der Waals surface area contributed by atoms with E-state index in [2.05, 4.69) is 23.3 Å². The molecule has 0 aromatic heterocycles. The Morgan fingerprint density at radius 1 is 1.38 bits per heavy atom. The molecule has 2 aliphatic rings. The molecule has 1 aliphatic heterocycles. The fraction of sp³-hybridized carbons (Fsp3) is 0.385. The molecule has 0 N–H and O–H groups in total. The Morgan fingerprint density at radius 3 is 3.06 bits per heavy atom. The third kappa shape index (κ3) is 1.35. The van der Waals surface area contributed by atoms with Crippen LogP contribution in [0.4, 0.5) is 0 Å². The fourth-order valence-corrected chi connectivity index (χ4v) is 2.57. The summed E-state index contributed by atoms with van der Waals surface area (Å²) in [6.07, 6.45) is 2.73. The van der Waals surface area contributed by atoms with E-state index in [0.29, 0.717) is 12.3 Å². The molecule has 1 heterocycles. The van der Waals surface area contributed by atoms with Crippen molar-refractivity contribution < 1.29 is 4.79 Å². The highest BCUT2D eigenvalue weighted by Gasteiger charge is 2.32. The number of fused-ring (bicyclic) bond motifs is 3. The molecular weight excluding hydrogens is 200 g/mol. The molecule has 0 saturated carbocycles. The Kier molecular flexibility index (Phi) is 2.06. The molecule has 1 atom stereocenters. The number of hydrogen-bond acceptors (Lipinski definition) is 2. The summed E-state index contributed by atoms with van der Waals surface area (Å²) in [7, 11) is 1.74. The van der Waals surface area contributed by atoms with Crippen molar-refractivity contribution in [3.05, 3.63) is 35.4 Å². The van der Waals surface area contributed by atoms with Gasteiger partial charge in [-0.25, -0.2) is 5.01 Å². The molecule has 1 amide bonds. The lowest BCUT2D eigenvalue weighted by molar-refractivity contribution is -0.131. The summed E-state index contributed by atoms with van der Waals surface area (Å²) in [6.45, 7) is 0. The van der Waals surface area contributed by atoms with Crippen LogP contribution in [-0.2, 0) is 11.2 Å². The molecule has 3 rings (SSSR count). The second-order valence-electron chi connectivity index (χ2n) is 4.50. The summed E-state index contributed by atoms with van der Waals surface area (Å²) >= 11 is 0. The largest absolute Gasteiger partial charge is 0.273 e. The van der Waals surface area contributed by atoms with Crippen LogP contribution in [0.3, 0.4) is 0 Å². The van der Waals surface area contributed by atoms with Crippen molar-refractivity contribution in [1.29, 1.82) is 0 Å². The van der Waals surface area contributed by atoms with Crippen molar-refractivity contribution >= 4 is 11.6 Å². The molecule has 0 saturated heterocycles. The highest BCUT2D eigenvalue weighted by Crippen LogP contribution is 2.31. The number of nitrogens with zero attached hydrogens (tertiary/aromatic N) is 2. The monoisotopic (exact) mass is 214 g/mol. The maximum Gasteiger partial charge on any atom is 0.243 e. The SMILES string of the molecule is CN1N=C2c3ccccc3CC[C@H]2CC1=O. The van der Waals surface area contributed by atoms with Crippen molar-refractivity contribution in [3.8, 4) is 0 Å². The second-order valence-corrected chi connectivity index (χ2v) is 4.50. The van der Waals surface area contributed by atoms with E-state index < -0.39 is 0 Å². The van der Waals surface area contributed by atoms with Crippen LogP contribution in [0.2, 0.25) is 0 Å². The summed E-state index contributed by atoms with van der Waals surface area (Å²) in [4.78, 5) is 11.6. The number of benzene rings is 1. The summed E-state index contributed by atoms with van der Waals surface area (Å²) in [5, 5.41) is 5.91. The van der Waals surface area contributed by atoms with Crippen LogP contribution >= 0.6 is 0 Å².